The molecule has 4 aromatic rings. The number of pyridine rings is 1. The summed E-state index contributed by atoms with van der Waals surface area (Å²) in [6.07, 6.45) is -8.64. The van der Waals surface area contributed by atoms with Crippen molar-refractivity contribution in [3.8, 4) is 29.1 Å². The predicted molar refractivity (Wildman–Crippen MR) is 197 cm³/mol. The highest BCUT2D eigenvalue weighted by atomic mass is 32.2. The second-order valence-corrected chi connectivity index (χ2v) is 14.4. The highest BCUT2D eigenvalue weighted by molar-refractivity contribution is 7.93. The molecule has 0 spiro atoms. The van der Waals surface area contributed by atoms with Crippen LogP contribution in [-0.4, -0.2) is 95.6 Å². The Morgan fingerprint density at radius 1 is 0.864 bits per heavy atom. The van der Waals surface area contributed by atoms with Crippen molar-refractivity contribution in [2.45, 2.75) is 29.7 Å². The van der Waals surface area contributed by atoms with Gasteiger partial charge >= 0.3 is 18.3 Å². The molecular weight excluding hydrogens is 816 g/mol. The molecule has 2 aliphatic rings. The summed E-state index contributed by atoms with van der Waals surface area (Å²) in [6, 6.07) is 17.8. The van der Waals surface area contributed by atoms with Gasteiger partial charge in [0.25, 0.3) is 15.9 Å². The topological polar surface area (TPSA) is 172 Å². The summed E-state index contributed by atoms with van der Waals surface area (Å²) in [5, 5.41) is 17.1. The third kappa shape index (κ3) is 8.36. The number of alkyl halides is 6. The van der Waals surface area contributed by atoms with E-state index in [-0.39, 0.29) is 77.2 Å². The van der Waals surface area contributed by atoms with Crippen molar-refractivity contribution in [2.75, 3.05) is 63.3 Å². The molecule has 14 nitrogen and oxygen atoms in total. The quantitative estimate of drug-likeness (QED) is 0.189. The van der Waals surface area contributed by atoms with Crippen LogP contribution in [0.4, 0.5) is 37.7 Å². The zero-order valence-corrected chi connectivity index (χ0v) is 32.4. The zero-order chi connectivity index (χ0) is 43.5. The molecule has 1 unspecified atom stereocenters. The first-order valence-electron chi connectivity index (χ1n) is 17.3. The average Bonchev–Trinajstić information content (AvgIpc) is 3.48. The highest BCUT2D eigenvalue weighted by Gasteiger charge is 2.61. The third-order valence-corrected chi connectivity index (χ3v) is 11.1. The van der Waals surface area contributed by atoms with Gasteiger partial charge in [0.1, 0.15) is 33.6 Å². The Kier molecular flexibility index (Phi) is 12.6. The Labute approximate surface area is 333 Å². The standard InChI is InChI=1S/C36H34F3N5O7S.C2HF3O2/c1-5-51-30-10-7-25(48-2)20-28(30)35(43-16-14-42(15-17-43)24-12-13-41-33(19-24)36(37,38)39)27-18-23(22-40)6-9-29(27)44(34(35)45)52(46,47)32-11-8-26(49-3)21-31(32)50-4;3-2(4,5)1(6)7/h6-13,18-21H,5,14-17H2,1-4H3;(H,6,7). The van der Waals surface area contributed by atoms with Crippen LogP contribution in [-0.2, 0) is 31.3 Å². The molecule has 1 atom stereocenters. The van der Waals surface area contributed by atoms with Crippen molar-refractivity contribution in [1.82, 2.24) is 9.88 Å². The first-order chi connectivity index (χ1) is 27.8. The van der Waals surface area contributed by atoms with E-state index in [1.165, 1.54) is 63.8 Å². The number of hydrogen-bond acceptors (Lipinski definition) is 12. The Morgan fingerprint density at radius 2 is 1.49 bits per heavy atom. The number of benzene rings is 3. The van der Waals surface area contributed by atoms with E-state index in [1.54, 1.807) is 34.9 Å². The van der Waals surface area contributed by atoms with Crippen LogP contribution < -0.4 is 28.2 Å². The van der Waals surface area contributed by atoms with Gasteiger partial charge in [-0.25, -0.2) is 17.5 Å². The molecule has 0 bridgehead atoms. The van der Waals surface area contributed by atoms with Gasteiger partial charge in [-0.3, -0.25) is 14.7 Å². The largest absolute Gasteiger partial charge is 0.497 e. The summed E-state index contributed by atoms with van der Waals surface area (Å²) in [5.41, 5.74) is -2.07. The Bertz CT molecular complexity index is 2380. The minimum absolute atomic E-state index is 0.00137. The fourth-order valence-electron chi connectivity index (χ4n) is 6.78. The third-order valence-electron chi connectivity index (χ3n) is 9.39. The smallest absolute Gasteiger partial charge is 0.490 e. The predicted octanol–water partition coefficient (Wildman–Crippen LogP) is 5.83. The molecule has 1 aromatic heterocycles. The fourth-order valence-corrected chi connectivity index (χ4v) is 8.38. The van der Waals surface area contributed by atoms with Crippen molar-refractivity contribution in [2.24, 2.45) is 0 Å². The number of sulfonamides is 1. The molecule has 1 N–H and O–H groups in total. The van der Waals surface area contributed by atoms with Crippen LogP contribution in [0.25, 0.3) is 0 Å². The average molecular weight is 852 g/mol. The molecule has 1 fully saturated rings. The summed E-state index contributed by atoms with van der Waals surface area (Å²) < 4.78 is 125. The second-order valence-electron chi connectivity index (χ2n) is 12.6. The lowest BCUT2D eigenvalue weighted by molar-refractivity contribution is -0.192. The molecule has 0 aliphatic carbocycles. The fraction of sp³-hybridized carbons (Fsp3) is 0.316. The molecule has 59 heavy (non-hydrogen) atoms. The van der Waals surface area contributed by atoms with Gasteiger partial charge in [0.05, 0.1) is 45.3 Å². The summed E-state index contributed by atoms with van der Waals surface area (Å²) in [6.45, 7) is 2.40. The lowest BCUT2D eigenvalue weighted by Crippen LogP contribution is -2.60. The number of aliphatic carboxylic acids is 1. The van der Waals surface area contributed by atoms with Crippen molar-refractivity contribution in [3.05, 3.63) is 95.3 Å². The normalized spacial score (nSPS) is 17.0. The number of carboxylic acids is 1. The number of aromatic nitrogens is 1. The number of amides is 1. The van der Waals surface area contributed by atoms with Gasteiger partial charge < -0.3 is 29.0 Å². The minimum atomic E-state index is -5.08. The number of piperazine rings is 1. The number of hydrogen-bond donors (Lipinski definition) is 1. The Morgan fingerprint density at radius 3 is 2.05 bits per heavy atom. The maximum absolute atomic E-state index is 15.5. The first kappa shape index (κ1) is 43.8. The number of carboxylic acid groups (broad SMARTS) is 1. The van der Waals surface area contributed by atoms with Gasteiger partial charge in [0.15, 0.2) is 5.54 Å². The van der Waals surface area contributed by atoms with Crippen LogP contribution in [0.3, 0.4) is 0 Å². The SMILES string of the molecule is CCOc1ccc(OC)cc1C1(N2CCN(c3ccnc(C(F)(F)F)c3)CC2)C(=O)N(S(=O)(=O)c2ccc(OC)cc2OC)c2ccc(C#N)cc21.O=C(O)C(F)(F)F. The second kappa shape index (κ2) is 16.9. The molecule has 3 heterocycles. The number of carbonyl (C=O) groups excluding carboxylic acids is 1. The number of rotatable bonds is 10. The van der Waals surface area contributed by atoms with Gasteiger partial charge in [0.2, 0.25) is 0 Å². The van der Waals surface area contributed by atoms with Crippen LogP contribution in [0.15, 0.2) is 77.8 Å². The van der Waals surface area contributed by atoms with E-state index in [0.29, 0.717) is 15.8 Å². The van der Waals surface area contributed by atoms with E-state index in [0.717, 1.165) is 12.3 Å². The van der Waals surface area contributed by atoms with E-state index in [4.69, 9.17) is 28.8 Å². The van der Waals surface area contributed by atoms with Crippen molar-refractivity contribution >= 4 is 33.3 Å². The maximum atomic E-state index is 15.5. The summed E-state index contributed by atoms with van der Waals surface area (Å²) in [4.78, 5) is 31.1. The van der Waals surface area contributed by atoms with Crippen LogP contribution in [0, 0.1) is 11.3 Å². The van der Waals surface area contributed by atoms with E-state index in [2.05, 4.69) is 11.1 Å². The number of ether oxygens (including phenoxy) is 4. The number of fused-ring (bicyclic) bond motifs is 1. The van der Waals surface area contributed by atoms with Gasteiger partial charge in [-0.15, -0.1) is 0 Å². The van der Waals surface area contributed by atoms with E-state index >= 15 is 4.79 Å². The molecule has 0 radical (unpaired) electrons. The van der Waals surface area contributed by atoms with Crippen molar-refractivity contribution in [3.63, 3.8) is 0 Å². The lowest BCUT2D eigenvalue weighted by Gasteiger charge is -2.46. The van der Waals surface area contributed by atoms with E-state index in [9.17, 15) is 40.0 Å². The molecule has 1 amide bonds. The number of nitrogens with zero attached hydrogens (tertiary/aromatic N) is 5. The molecule has 2 aliphatic heterocycles. The van der Waals surface area contributed by atoms with Gasteiger partial charge in [-0.1, -0.05) is 0 Å². The monoisotopic (exact) mass is 851 g/mol. The maximum Gasteiger partial charge on any atom is 0.490 e. The first-order valence-corrected chi connectivity index (χ1v) is 18.7. The van der Waals surface area contributed by atoms with Crippen LogP contribution in [0.1, 0.15) is 29.3 Å². The summed E-state index contributed by atoms with van der Waals surface area (Å²) in [7, 11) is -0.570. The number of halogens is 6. The van der Waals surface area contributed by atoms with Crippen LogP contribution in [0.2, 0.25) is 0 Å². The van der Waals surface area contributed by atoms with Crippen LogP contribution >= 0.6 is 0 Å². The van der Waals surface area contributed by atoms with Crippen molar-refractivity contribution in [1.29, 1.82) is 5.26 Å². The number of nitriles is 1. The molecule has 3 aromatic carbocycles. The minimum Gasteiger partial charge on any atom is -0.497 e. The Hall–Kier alpha value is -6.27. The van der Waals surface area contributed by atoms with Gasteiger partial charge in [0, 0.05) is 55.3 Å². The molecule has 21 heteroatoms. The van der Waals surface area contributed by atoms with E-state index < -0.39 is 45.5 Å². The van der Waals surface area contributed by atoms with Gasteiger partial charge in [-0.2, -0.15) is 31.6 Å². The van der Waals surface area contributed by atoms with E-state index in [1.807, 2.05) is 0 Å². The van der Waals surface area contributed by atoms with Crippen molar-refractivity contribution < 1.29 is 68.4 Å². The molecular formula is C38H35F6N5O9S. The summed E-state index contributed by atoms with van der Waals surface area (Å²) >= 11 is 0. The zero-order valence-electron chi connectivity index (χ0n) is 31.6. The number of anilines is 2. The highest BCUT2D eigenvalue weighted by Crippen LogP contribution is 2.54. The molecule has 314 valence electrons. The van der Waals surface area contributed by atoms with Gasteiger partial charge in [-0.05, 0) is 67.6 Å². The van der Waals surface area contributed by atoms with Crippen LogP contribution in [0.5, 0.6) is 23.0 Å². The Balaban J connectivity index is 0.000000867. The summed E-state index contributed by atoms with van der Waals surface area (Å²) in [5.74, 6) is -2.78. The molecule has 6 rings (SSSR count). The number of methoxy groups -OCH3 is 3. The number of carbonyl (C=O) groups is 2. The molecule has 0 saturated carbocycles. The molecule has 1 saturated heterocycles. The lowest BCUT2D eigenvalue weighted by atomic mass is 9.80.